The molecule has 1 fully saturated rings. The molecule has 0 radical (unpaired) electrons. The summed E-state index contributed by atoms with van der Waals surface area (Å²) in [5.74, 6) is -0.444. The van der Waals surface area contributed by atoms with E-state index in [1.165, 1.54) is 17.0 Å². The summed E-state index contributed by atoms with van der Waals surface area (Å²) in [6, 6.07) is 18.5. The first-order valence-electron chi connectivity index (χ1n) is 9.60. The Bertz CT molecular complexity index is 1230. The van der Waals surface area contributed by atoms with Gasteiger partial charge in [-0.05, 0) is 73.2 Å². The number of nitrogens with one attached hydrogen (secondary N) is 1. The third kappa shape index (κ3) is 4.17. The highest BCUT2D eigenvalue weighted by Crippen LogP contribution is 2.31. The van der Waals surface area contributed by atoms with Crippen LogP contribution < -0.4 is 15.0 Å². The zero-order valence-corrected chi connectivity index (χ0v) is 17.7. The van der Waals surface area contributed by atoms with Gasteiger partial charge in [0.05, 0.1) is 5.69 Å². The topological polar surface area (TPSA) is 99.1 Å². The first-order valence-corrected chi connectivity index (χ1v) is 10.0. The van der Waals surface area contributed by atoms with Crippen molar-refractivity contribution in [3.63, 3.8) is 0 Å². The fraction of sp³-hybridized carbons (Fsp3) is 0.0417. The van der Waals surface area contributed by atoms with Gasteiger partial charge in [-0.2, -0.15) is 0 Å². The normalized spacial score (nSPS) is 15.1. The first-order chi connectivity index (χ1) is 15.3. The summed E-state index contributed by atoms with van der Waals surface area (Å²) in [7, 11) is 0. The van der Waals surface area contributed by atoms with E-state index in [-0.39, 0.29) is 27.7 Å². The Kier molecular flexibility index (Phi) is 5.61. The van der Waals surface area contributed by atoms with Gasteiger partial charge >= 0.3 is 0 Å². The van der Waals surface area contributed by atoms with Crippen molar-refractivity contribution in [2.45, 2.75) is 6.92 Å². The SMILES string of the molecule is Cc1cc(O)cc(O)c1/C=C1\C(=O)NC(=S)N(c2ccc(Oc3ccccc3)cc2)C1=O. The third-order valence-electron chi connectivity index (χ3n) is 4.81. The Labute approximate surface area is 189 Å². The van der Waals surface area contributed by atoms with Crippen LogP contribution in [0.2, 0.25) is 0 Å². The highest BCUT2D eigenvalue weighted by molar-refractivity contribution is 7.80. The molecule has 0 aliphatic carbocycles. The van der Waals surface area contributed by atoms with Crippen LogP contribution in [0.15, 0.2) is 72.3 Å². The standard InChI is InChI=1S/C24H18N2O5S/c1-14-11-16(27)12-21(28)19(14)13-20-22(29)25-24(32)26(23(20)30)15-7-9-18(10-8-15)31-17-5-3-2-4-6-17/h2-13,27-28H,1H3,(H,25,29,32)/b20-13+. The van der Waals surface area contributed by atoms with E-state index in [1.807, 2.05) is 30.3 Å². The minimum Gasteiger partial charge on any atom is -0.508 e. The number of phenolic OH excluding ortho intramolecular Hbond substituents is 2. The number of hydrogen-bond donors (Lipinski definition) is 3. The monoisotopic (exact) mass is 446 g/mol. The van der Waals surface area contributed by atoms with E-state index in [4.69, 9.17) is 17.0 Å². The van der Waals surface area contributed by atoms with Gasteiger partial charge in [-0.3, -0.25) is 19.8 Å². The summed E-state index contributed by atoms with van der Waals surface area (Å²) in [6.07, 6.45) is 1.28. The molecule has 32 heavy (non-hydrogen) atoms. The fourth-order valence-corrected chi connectivity index (χ4v) is 3.55. The summed E-state index contributed by atoms with van der Waals surface area (Å²) >= 11 is 5.22. The number of benzene rings is 3. The lowest BCUT2D eigenvalue weighted by atomic mass is 10.0. The minimum atomic E-state index is -0.674. The lowest BCUT2D eigenvalue weighted by Crippen LogP contribution is -2.54. The number of thiocarbonyl (C=S) groups is 1. The summed E-state index contributed by atoms with van der Waals surface area (Å²) in [6.45, 7) is 1.64. The second-order valence-electron chi connectivity index (χ2n) is 7.06. The van der Waals surface area contributed by atoms with Gasteiger partial charge in [0.15, 0.2) is 5.11 Å². The smallest absolute Gasteiger partial charge is 0.270 e. The highest BCUT2D eigenvalue weighted by Gasteiger charge is 2.34. The molecule has 7 nitrogen and oxygen atoms in total. The number of aryl methyl sites for hydroxylation is 1. The molecule has 8 heteroatoms. The Balaban J connectivity index is 1.64. The van der Waals surface area contributed by atoms with Crippen LogP contribution in [0, 0.1) is 6.92 Å². The van der Waals surface area contributed by atoms with E-state index in [9.17, 15) is 19.8 Å². The van der Waals surface area contributed by atoms with Crippen molar-refractivity contribution < 1.29 is 24.5 Å². The van der Waals surface area contributed by atoms with Gasteiger partial charge in [-0.1, -0.05) is 18.2 Å². The zero-order valence-electron chi connectivity index (χ0n) is 16.9. The first kappa shape index (κ1) is 21.1. The Morgan fingerprint density at radius 3 is 2.28 bits per heavy atom. The molecule has 0 bridgehead atoms. The number of para-hydroxylation sites is 1. The molecular weight excluding hydrogens is 428 g/mol. The molecule has 0 saturated carbocycles. The van der Waals surface area contributed by atoms with E-state index >= 15 is 0 Å². The molecule has 3 aromatic carbocycles. The van der Waals surface area contributed by atoms with Crippen molar-refractivity contribution in [2.24, 2.45) is 0 Å². The lowest BCUT2D eigenvalue weighted by molar-refractivity contribution is -0.122. The maximum atomic E-state index is 13.2. The van der Waals surface area contributed by atoms with Gasteiger partial charge in [0.1, 0.15) is 28.6 Å². The number of nitrogens with zero attached hydrogens (tertiary/aromatic N) is 1. The molecule has 1 aliphatic heterocycles. The van der Waals surface area contributed by atoms with Gasteiger partial charge < -0.3 is 14.9 Å². The predicted molar refractivity (Wildman–Crippen MR) is 124 cm³/mol. The van der Waals surface area contributed by atoms with Gasteiger partial charge in [0.25, 0.3) is 11.8 Å². The number of phenols is 2. The number of carbonyl (C=O) groups excluding carboxylic acids is 2. The van der Waals surface area contributed by atoms with Crippen molar-refractivity contribution in [3.8, 4) is 23.0 Å². The molecule has 0 atom stereocenters. The molecule has 3 N–H and O–H groups in total. The van der Waals surface area contributed by atoms with E-state index in [1.54, 1.807) is 31.2 Å². The molecule has 2 amide bonds. The van der Waals surface area contributed by atoms with E-state index in [2.05, 4.69) is 5.32 Å². The predicted octanol–water partition coefficient (Wildman–Crippen LogP) is 4.03. The van der Waals surface area contributed by atoms with Crippen LogP contribution in [0.4, 0.5) is 5.69 Å². The summed E-state index contributed by atoms with van der Waals surface area (Å²) in [4.78, 5) is 26.8. The Morgan fingerprint density at radius 2 is 1.62 bits per heavy atom. The van der Waals surface area contributed by atoms with E-state index < -0.39 is 11.8 Å². The van der Waals surface area contributed by atoms with Crippen LogP contribution >= 0.6 is 12.2 Å². The van der Waals surface area contributed by atoms with Crippen molar-refractivity contribution >= 4 is 40.9 Å². The molecule has 3 aromatic rings. The molecule has 160 valence electrons. The molecule has 4 rings (SSSR count). The molecule has 0 unspecified atom stereocenters. The Morgan fingerprint density at radius 1 is 0.969 bits per heavy atom. The number of ether oxygens (including phenoxy) is 1. The third-order valence-corrected chi connectivity index (χ3v) is 5.10. The van der Waals surface area contributed by atoms with Crippen LogP contribution in [-0.2, 0) is 9.59 Å². The zero-order chi connectivity index (χ0) is 22.8. The summed E-state index contributed by atoms with van der Waals surface area (Å²) < 4.78 is 5.76. The molecule has 1 saturated heterocycles. The van der Waals surface area contributed by atoms with Crippen molar-refractivity contribution in [3.05, 3.63) is 83.4 Å². The van der Waals surface area contributed by atoms with Crippen LogP contribution in [0.25, 0.3) is 6.08 Å². The van der Waals surface area contributed by atoms with Crippen LogP contribution in [0.3, 0.4) is 0 Å². The molecule has 1 heterocycles. The van der Waals surface area contributed by atoms with E-state index in [0.717, 1.165) is 6.07 Å². The largest absolute Gasteiger partial charge is 0.508 e. The van der Waals surface area contributed by atoms with Gasteiger partial charge in [-0.25, -0.2) is 0 Å². The van der Waals surface area contributed by atoms with E-state index in [0.29, 0.717) is 22.7 Å². The Hall–Kier alpha value is -4.17. The van der Waals surface area contributed by atoms with Gasteiger partial charge in [-0.15, -0.1) is 0 Å². The fourth-order valence-electron chi connectivity index (χ4n) is 3.27. The van der Waals surface area contributed by atoms with Gasteiger partial charge in [0, 0.05) is 11.6 Å². The maximum Gasteiger partial charge on any atom is 0.270 e. The van der Waals surface area contributed by atoms with Crippen LogP contribution in [-0.4, -0.2) is 27.1 Å². The quantitative estimate of drug-likeness (QED) is 0.318. The number of aromatic hydroxyl groups is 2. The number of rotatable bonds is 4. The van der Waals surface area contributed by atoms with Crippen molar-refractivity contribution in [2.75, 3.05) is 4.90 Å². The van der Waals surface area contributed by atoms with Crippen molar-refractivity contribution in [1.29, 1.82) is 0 Å². The number of anilines is 1. The molecule has 0 aromatic heterocycles. The second kappa shape index (κ2) is 8.52. The lowest BCUT2D eigenvalue weighted by Gasteiger charge is -2.29. The summed E-state index contributed by atoms with van der Waals surface area (Å²) in [5.41, 5.74) is 0.989. The number of carbonyl (C=O) groups is 2. The summed E-state index contributed by atoms with van der Waals surface area (Å²) in [5, 5.41) is 22.2. The van der Waals surface area contributed by atoms with Crippen LogP contribution in [0.1, 0.15) is 11.1 Å². The number of hydrogen-bond acceptors (Lipinski definition) is 6. The highest BCUT2D eigenvalue weighted by atomic mass is 32.1. The van der Waals surface area contributed by atoms with Crippen molar-refractivity contribution in [1.82, 2.24) is 5.32 Å². The molecule has 1 aliphatic rings. The molecule has 0 spiro atoms. The van der Waals surface area contributed by atoms with Gasteiger partial charge in [0.2, 0.25) is 0 Å². The molecular formula is C24H18N2O5S. The average molecular weight is 446 g/mol. The second-order valence-corrected chi connectivity index (χ2v) is 7.45. The average Bonchev–Trinajstić information content (AvgIpc) is 2.74. The maximum absolute atomic E-state index is 13.2. The minimum absolute atomic E-state index is 0.0551. The van der Waals surface area contributed by atoms with Crippen LogP contribution in [0.5, 0.6) is 23.0 Å². The number of amides is 2.